The first-order valence-corrected chi connectivity index (χ1v) is 17.7. The van der Waals surface area contributed by atoms with E-state index in [0.29, 0.717) is 45.8 Å². The van der Waals surface area contributed by atoms with Crippen molar-refractivity contribution in [3.63, 3.8) is 0 Å². The van der Waals surface area contributed by atoms with Crippen LogP contribution in [0.2, 0.25) is 0 Å². The van der Waals surface area contributed by atoms with Crippen molar-refractivity contribution in [2.45, 2.75) is 58.8 Å². The highest BCUT2D eigenvalue weighted by molar-refractivity contribution is 6.04. The number of carboxylic acid groups (broad SMARTS) is 2. The van der Waals surface area contributed by atoms with Gasteiger partial charge >= 0.3 is 17.9 Å². The maximum absolute atomic E-state index is 13.4. The number of aromatic nitrogens is 4. The molecule has 3 aromatic rings. The van der Waals surface area contributed by atoms with Crippen LogP contribution in [-0.4, -0.2) is 74.2 Å². The van der Waals surface area contributed by atoms with Crippen molar-refractivity contribution in [3.8, 4) is 0 Å². The van der Waals surface area contributed by atoms with Gasteiger partial charge in [-0.3, -0.25) is 24.2 Å². The number of allylic oxidation sites excluding steroid dienone is 5. The lowest BCUT2D eigenvalue weighted by Gasteiger charge is -2.36. The van der Waals surface area contributed by atoms with Crippen LogP contribution in [0.5, 0.6) is 0 Å². The Kier molecular flexibility index (Phi) is 10.3. The molecule has 3 aromatic heterocycles. The number of aryl methyl sites for hydroxylation is 3. The van der Waals surface area contributed by atoms with Crippen LogP contribution < -0.4 is 11.1 Å². The molecule has 0 radical (unpaired) electrons. The second-order valence-electron chi connectivity index (χ2n) is 13.9. The number of methoxy groups -OCH3 is 1. The molecule has 2 unspecified atom stereocenters. The number of carbonyl (C=O) groups excluding carboxylic acids is 2. The van der Waals surface area contributed by atoms with Crippen molar-refractivity contribution in [3.05, 3.63) is 93.6 Å². The highest BCUT2D eigenvalue weighted by atomic mass is 16.5. The smallest absolute Gasteiger partial charge is 0.312 e. The number of fused-ring (bicyclic) bond motifs is 11. The van der Waals surface area contributed by atoms with E-state index in [9.17, 15) is 29.4 Å². The highest BCUT2D eigenvalue weighted by Gasteiger charge is 2.53. The van der Waals surface area contributed by atoms with Crippen molar-refractivity contribution in [1.82, 2.24) is 25.3 Å². The zero-order valence-corrected chi connectivity index (χ0v) is 31.0. The number of nitrogens with two attached hydrogens (primary N) is 1. The number of nitrogens with zero attached hydrogens (tertiary/aromatic N) is 2. The molecule has 0 fully saturated rings. The molecule has 54 heavy (non-hydrogen) atoms. The molecule has 0 saturated carbocycles. The van der Waals surface area contributed by atoms with Crippen LogP contribution in [0.4, 0.5) is 0 Å². The minimum Gasteiger partial charge on any atom is -0.481 e. The third-order valence-electron chi connectivity index (χ3n) is 10.8. The minimum atomic E-state index is -1.30. The van der Waals surface area contributed by atoms with Gasteiger partial charge in [0.1, 0.15) is 5.92 Å². The zero-order valence-electron chi connectivity index (χ0n) is 31.0. The number of carboxylic acids is 2. The van der Waals surface area contributed by atoms with Crippen LogP contribution in [-0.2, 0) is 35.8 Å². The average molecular weight is 733 g/mol. The molecule has 0 spiro atoms. The normalized spacial score (nSPS) is 17.7. The van der Waals surface area contributed by atoms with Crippen molar-refractivity contribution < 1.29 is 34.1 Å². The van der Waals surface area contributed by atoms with Gasteiger partial charge in [-0.15, -0.1) is 0 Å². The maximum atomic E-state index is 13.4. The summed E-state index contributed by atoms with van der Waals surface area (Å²) in [5, 5.41) is 23.2. The first-order chi connectivity index (χ1) is 25.7. The summed E-state index contributed by atoms with van der Waals surface area (Å²) in [6.45, 7) is 12.0. The molecule has 8 bridgehead atoms. The fraction of sp³-hybridized carbons (Fsp3) is 0.317. The molecule has 280 valence electrons. The maximum Gasteiger partial charge on any atom is 0.312 e. The zero-order chi connectivity index (χ0) is 39.1. The third-order valence-corrected chi connectivity index (χ3v) is 10.8. The quantitative estimate of drug-likeness (QED) is 0.136. The summed E-state index contributed by atoms with van der Waals surface area (Å²) in [5.74, 6) is -4.34. The molecule has 13 heteroatoms. The number of esters is 1. The lowest BCUT2D eigenvalue weighted by Crippen LogP contribution is -2.44. The highest BCUT2D eigenvalue weighted by Crippen LogP contribution is 2.52. The summed E-state index contributed by atoms with van der Waals surface area (Å²) in [7, 11) is 1.33. The predicted molar refractivity (Wildman–Crippen MR) is 207 cm³/mol. The van der Waals surface area contributed by atoms with Gasteiger partial charge in [-0.1, -0.05) is 24.8 Å². The molecule has 3 aliphatic rings. The fourth-order valence-corrected chi connectivity index (χ4v) is 7.77. The molecule has 1 aliphatic carbocycles. The lowest BCUT2D eigenvalue weighted by molar-refractivity contribution is -0.143. The number of carbonyl (C=O) groups is 4. The molecule has 6 rings (SSSR count). The van der Waals surface area contributed by atoms with E-state index in [1.807, 2.05) is 45.0 Å². The Balaban J connectivity index is 1.75. The number of nitrogens with one attached hydrogen (secondary N) is 3. The van der Waals surface area contributed by atoms with E-state index in [0.717, 1.165) is 44.4 Å². The van der Waals surface area contributed by atoms with Gasteiger partial charge in [-0.25, -0.2) is 4.98 Å². The third kappa shape index (κ3) is 6.55. The Morgan fingerprint density at radius 1 is 0.926 bits per heavy atom. The predicted octanol–water partition coefficient (Wildman–Crippen LogP) is 5.53. The largest absolute Gasteiger partial charge is 0.481 e. The van der Waals surface area contributed by atoms with Crippen molar-refractivity contribution in [2.75, 3.05) is 20.2 Å². The number of ether oxygens (including phenoxy) is 1. The molecule has 2 atom stereocenters. The van der Waals surface area contributed by atoms with E-state index >= 15 is 0 Å². The molecule has 0 aromatic carbocycles. The van der Waals surface area contributed by atoms with Crippen LogP contribution >= 0.6 is 0 Å². The van der Waals surface area contributed by atoms with Gasteiger partial charge in [0.25, 0.3) is 0 Å². The van der Waals surface area contributed by atoms with E-state index in [1.54, 1.807) is 25.2 Å². The van der Waals surface area contributed by atoms with Crippen LogP contribution in [0.15, 0.2) is 48.6 Å². The van der Waals surface area contributed by atoms with Crippen LogP contribution in [0.1, 0.15) is 78.1 Å². The summed E-state index contributed by atoms with van der Waals surface area (Å²) in [6, 6.07) is 7.46. The Labute approximate surface area is 311 Å². The van der Waals surface area contributed by atoms with Gasteiger partial charge in [0.2, 0.25) is 5.91 Å². The number of aliphatic carboxylic acids is 2. The Hall–Kier alpha value is -6.08. The molecule has 13 nitrogen and oxygen atoms in total. The summed E-state index contributed by atoms with van der Waals surface area (Å²) >= 11 is 0. The van der Waals surface area contributed by atoms with Crippen LogP contribution in [0.25, 0.3) is 44.9 Å². The van der Waals surface area contributed by atoms with Gasteiger partial charge in [-0.2, -0.15) is 0 Å². The Morgan fingerprint density at radius 2 is 1.61 bits per heavy atom. The molecule has 5 heterocycles. The number of H-pyrrole nitrogens is 2. The number of aromatic amines is 2. The van der Waals surface area contributed by atoms with Crippen LogP contribution in [0, 0.1) is 19.8 Å². The minimum absolute atomic E-state index is 0.0791. The van der Waals surface area contributed by atoms with Gasteiger partial charge in [0.15, 0.2) is 0 Å². The number of rotatable bonds is 11. The number of hydrogen-bond donors (Lipinski definition) is 6. The standard InChI is InChI=1S/C41H44N6O7/c1-7-23-20(2)29-17-34-27-11-8-26(39(51)43-15-14-42)38(40(52)53)41(27,5)35(47-34)19-30-22(4)25(10-13-37(50)54-6)33(46-30)18-32-24(9-12-36(48)49)21(3)28(45-32)16-31(23)44-29/h7-8,11,16-19,38,44,46H,1,9-10,12-15,42H2,2-6H3,(H,43,51)(H,48,49)(H,52,53). The van der Waals surface area contributed by atoms with E-state index in [-0.39, 0.29) is 43.9 Å². The van der Waals surface area contributed by atoms with E-state index in [4.69, 9.17) is 20.4 Å². The van der Waals surface area contributed by atoms with Crippen molar-refractivity contribution >= 4 is 68.7 Å². The van der Waals surface area contributed by atoms with Gasteiger partial charge in [0.05, 0.1) is 35.3 Å². The molecule has 7 N–H and O–H groups in total. The second kappa shape index (κ2) is 14.7. The summed E-state index contributed by atoms with van der Waals surface area (Å²) < 4.78 is 4.95. The summed E-state index contributed by atoms with van der Waals surface area (Å²) in [4.78, 5) is 67.9. The van der Waals surface area contributed by atoms with E-state index in [1.165, 1.54) is 7.11 Å². The first kappa shape index (κ1) is 37.7. The summed E-state index contributed by atoms with van der Waals surface area (Å²) in [6.07, 6.45) is 5.62. The second-order valence-corrected chi connectivity index (χ2v) is 13.9. The van der Waals surface area contributed by atoms with E-state index in [2.05, 4.69) is 21.9 Å². The topological polar surface area (TPSA) is 213 Å². The molecule has 2 aliphatic heterocycles. The van der Waals surface area contributed by atoms with E-state index < -0.39 is 29.2 Å². The van der Waals surface area contributed by atoms with Gasteiger partial charge in [0, 0.05) is 59.1 Å². The average Bonchev–Trinajstić information content (AvgIpc) is 3.79. The summed E-state index contributed by atoms with van der Waals surface area (Å²) in [5.41, 5.74) is 14.9. The monoisotopic (exact) mass is 732 g/mol. The molecule has 0 saturated heterocycles. The molecular weight excluding hydrogens is 688 g/mol. The van der Waals surface area contributed by atoms with Gasteiger partial charge in [-0.05, 0) is 98.2 Å². The SMILES string of the molecule is C=Cc1c(C)c2cc3nc(cc4[nH]c(cc5nc(cc1[nH]2)C(C)=C5CCC(=O)O)c(CCC(=O)OC)c4C)C1(C)C3=CC=C(C(=O)NCCN)C1C(=O)O. The van der Waals surface area contributed by atoms with Crippen LogP contribution in [0.3, 0.4) is 0 Å². The Morgan fingerprint density at radius 3 is 2.28 bits per heavy atom. The fourth-order valence-electron chi connectivity index (χ4n) is 7.77. The Bertz CT molecular complexity index is 2390. The lowest BCUT2D eigenvalue weighted by atomic mass is 9.64. The molecular formula is C41H44N6O7. The van der Waals surface area contributed by atoms with Crippen molar-refractivity contribution in [1.29, 1.82) is 0 Å². The number of amides is 1. The van der Waals surface area contributed by atoms with Gasteiger partial charge < -0.3 is 36.0 Å². The first-order valence-electron chi connectivity index (χ1n) is 17.7. The van der Waals surface area contributed by atoms with Crippen molar-refractivity contribution in [2.24, 2.45) is 11.7 Å². The molecule has 1 amide bonds. The number of hydrogen-bond acceptors (Lipinski definition) is 8.